The number of piperazine rings is 1. The molecule has 1 N–H and O–H groups in total. The molecule has 1 aliphatic heterocycles. The number of anilines is 1. The van der Waals surface area contributed by atoms with Crippen molar-refractivity contribution in [2.24, 2.45) is 12.0 Å². The zero-order valence-electron chi connectivity index (χ0n) is 18.3. The fraction of sp³-hybridized carbons (Fsp3) is 0.476. The zero-order chi connectivity index (χ0) is 21.3. The standard InChI is InChI=1S/C21H30N6O3.HI/c1-22-21(23-13-17-6-4-7-19(12-17)30-11-5-10-29-3)26-8-9-27(20(28)16-26)18-14-24-25(2)15-18;/h4,6-7,12,14-15H,5,8-11,13,16H2,1-3H3,(H,22,23);1H. The summed E-state index contributed by atoms with van der Waals surface area (Å²) >= 11 is 0. The Morgan fingerprint density at radius 1 is 1.29 bits per heavy atom. The number of carbonyl (C=O) groups is 1. The van der Waals surface area contributed by atoms with Crippen molar-refractivity contribution in [3.8, 4) is 5.75 Å². The number of hydrogen-bond donors (Lipinski definition) is 1. The van der Waals surface area contributed by atoms with Crippen LogP contribution in [0, 0.1) is 0 Å². The smallest absolute Gasteiger partial charge is 0.246 e. The van der Waals surface area contributed by atoms with Gasteiger partial charge < -0.3 is 24.6 Å². The van der Waals surface area contributed by atoms with Crippen LogP contribution in [-0.4, -0.2) is 73.6 Å². The third-order valence-electron chi connectivity index (χ3n) is 4.85. The highest BCUT2D eigenvalue weighted by Crippen LogP contribution is 2.17. The van der Waals surface area contributed by atoms with Gasteiger partial charge in [0.1, 0.15) is 12.3 Å². The highest BCUT2D eigenvalue weighted by atomic mass is 127. The lowest BCUT2D eigenvalue weighted by Crippen LogP contribution is -2.55. The van der Waals surface area contributed by atoms with E-state index in [1.54, 1.807) is 29.9 Å². The van der Waals surface area contributed by atoms with Crippen molar-refractivity contribution in [3.63, 3.8) is 0 Å². The molecule has 2 heterocycles. The van der Waals surface area contributed by atoms with E-state index in [1.165, 1.54) is 0 Å². The number of aromatic nitrogens is 2. The van der Waals surface area contributed by atoms with E-state index in [-0.39, 0.29) is 36.4 Å². The van der Waals surface area contributed by atoms with E-state index in [0.717, 1.165) is 23.4 Å². The van der Waals surface area contributed by atoms with Gasteiger partial charge in [-0.25, -0.2) is 0 Å². The number of aliphatic imine (C=N–C) groups is 1. The van der Waals surface area contributed by atoms with Gasteiger partial charge in [0.25, 0.3) is 0 Å². The summed E-state index contributed by atoms with van der Waals surface area (Å²) in [4.78, 5) is 20.7. The molecule has 0 aliphatic carbocycles. The topological polar surface area (TPSA) is 84.2 Å². The molecule has 10 heteroatoms. The average Bonchev–Trinajstić information content (AvgIpc) is 3.18. The van der Waals surface area contributed by atoms with Gasteiger partial charge in [0.15, 0.2) is 5.96 Å². The second-order valence-electron chi connectivity index (χ2n) is 7.08. The molecule has 1 fully saturated rings. The summed E-state index contributed by atoms with van der Waals surface area (Å²) in [6, 6.07) is 7.97. The first-order chi connectivity index (χ1) is 14.6. The third-order valence-corrected chi connectivity index (χ3v) is 4.85. The number of nitrogens with zero attached hydrogens (tertiary/aromatic N) is 5. The Morgan fingerprint density at radius 2 is 2.13 bits per heavy atom. The number of carbonyl (C=O) groups excluding carboxylic acids is 1. The summed E-state index contributed by atoms with van der Waals surface area (Å²) in [7, 11) is 5.26. The largest absolute Gasteiger partial charge is 0.493 e. The Hall–Kier alpha value is -2.34. The van der Waals surface area contributed by atoms with Gasteiger partial charge in [-0.05, 0) is 17.7 Å². The maximum Gasteiger partial charge on any atom is 0.246 e. The van der Waals surface area contributed by atoms with Crippen LogP contribution in [0.15, 0.2) is 41.7 Å². The summed E-state index contributed by atoms with van der Waals surface area (Å²) in [6.07, 6.45) is 4.42. The van der Waals surface area contributed by atoms with Crippen LogP contribution >= 0.6 is 24.0 Å². The fourth-order valence-corrected chi connectivity index (χ4v) is 3.33. The van der Waals surface area contributed by atoms with Crippen LogP contribution in [0.3, 0.4) is 0 Å². The van der Waals surface area contributed by atoms with E-state index in [1.807, 2.05) is 42.4 Å². The van der Waals surface area contributed by atoms with Crippen LogP contribution in [0.4, 0.5) is 5.69 Å². The predicted octanol–water partition coefficient (Wildman–Crippen LogP) is 1.88. The second kappa shape index (κ2) is 12.5. The molecule has 1 amide bonds. The van der Waals surface area contributed by atoms with Crippen molar-refractivity contribution in [2.75, 3.05) is 51.9 Å². The molecule has 0 saturated carbocycles. The monoisotopic (exact) mass is 542 g/mol. The lowest BCUT2D eigenvalue weighted by molar-refractivity contribution is -0.120. The van der Waals surface area contributed by atoms with Crippen molar-refractivity contribution in [3.05, 3.63) is 42.2 Å². The molecule has 1 aromatic carbocycles. The fourth-order valence-electron chi connectivity index (χ4n) is 3.33. The van der Waals surface area contributed by atoms with Gasteiger partial charge in [-0.2, -0.15) is 5.10 Å². The van der Waals surface area contributed by atoms with Gasteiger partial charge in [0.2, 0.25) is 5.91 Å². The maximum absolute atomic E-state index is 12.6. The molecule has 1 aromatic heterocycles. The van der Waals surface area contributed by atoms with E-state index >= 15 is 0 Å². The molecule has 0 spiro atoms. The van der Waals surface area contributed by atoms with Gasteiger partial charge in [0.05, 0.1) is 18.5 Å². The summed E-state index contributed by atoms with van der Waals surface area (Å²) in [5, 5.41) is 7.50. The Bertz CT molecular complexity index is 872. The molecule has 170 valence electrons. The summed E-state index contributed by atoms with van der Waals surface area (Å²) in [5.74, 6) is 1.57. The minimum Gasteiger partial charge on any atom is -0.493 e. The Balaban J connectivity index is 0.00000341. The van der Waals surface area contributed by atoms with E-state index in [2.05, 4.69) is 15.4 Å². The molecule has 2 aromatic rings. The molecule has 1 saturated heterocycles. The maximum atomic E-state index is 12.6. The first-order valence-corrected chi connectivity index (χ1v) is 10.1. The molecule has 0 bridgehead atoms. The minimum atomic E-state index is 0. The number of methoxy groups -OCH3 is 1. The van der Waals surface area contributed by atoms with Gasteiger partial charge >= 0.3 is 0 Å². The second-order valence-corrected chi connectivity index (χ2v) is 7.08. The van der Waals surface area contributed by atoms with Crippen molar-refractivity contribution < 1.29 is 14.3 Å². The van der Waals surface area contributed by atoms with Crippen molar-refractivity contribution in [1.29, 1.82) is 0 Å². The number of rotatable bonds is 8. The van der Waals surface area contributed by atoms with Crippen LogP contribution < -0.4 is 15.0 Å². The van der Waals surface area contributed by atoms with Crippen molar-refractivity contribution in [1.82, 2.24) is 20.0 Å². The van der Waals surface area contributed by atoms with E-state index in [9.17, 15) is 4.79 Å². The molecule has 3 rings (SSSR count). The van der Waals surface area contributed by atoms with Gasteiger partial charge in [-0.3, -0.25) is 14.5 Å². The number of halogens is 1. The number of amides is 1. The van der Waals surface area contributed by atoms with Crippen LogP contribution in [0.2, 0.25) is 0 Å². The van der Waals surface area contributed by atoms with E-state index < -0.39 is 0 Å². The number of guanidine groups is 1. The normalized spacial score (nSPS) is 14.4. The van der Waals surface area contributed by atoms with Crippen molar-refractivity contribution >= 4 is 41.5 Å². The molecular formula is C21H31IN6O3. The summed E-state index contributed by atoms with van der Waals surface area (Å²) in [5.41, 5.74) is 1.91. The van der Waals surface area contributed by atoms with Gasteiger partial charge in [0, 0.05) is 60.1 Å². The molecule has 0 radical (unpaired) electrons. The highest BCUT2D eigenvalue weighted by Gasteiger charge is 2.27. The molecule has 0 unspecified atom stereocenters. The Morgan fingerprint density at radius 3 is 2.81 bits per heavy atom. The molecule has 1 aliphatic rings. The van der Waals surface area contributed by atoms with Gasteiger partial charge in [-0.15, -0.1) is 24.0 Å². The Kier molecular flexibility index (Phi) is 10.0. The first kappa shape index (κ1) is 24.9. The number of hydrogen-bond acceptors (Lipinski definition) is 5. The molecule has 9 nitrogen and oxygen atoms in total. The summed E-state index contributed by atoms with van der Waals surface area (Å²) < 4.78 is 12.5. The van der Waals surface area contributed by atoms with Crippen LogP contribution in [0.5, 0.6) is 5.75 Å². The van der Waals surface area contributed by atoms with Crippen LogP contribution in [0.25, 0.3) is 0 Å². The first-order valence-electron chi connectivity index (χ1n) is 10.1. The van der Waals surface area contributed by atoms with E-state index in [0.29, 0.717) is 38.8 Å². The summed E-state index contributed by atoms with van der Waals surface area (Å²) in [6.45, 7) is 3.47. The third kappa shape index (κ3) is 7.10. The Labute approximate surface area is 200 Å². The number of ether oxygens (including phenoxy) is 2. The quantitative estimate of drug-likeness (QED) is 0.238. The minimum absolute atomic E-state index is 0. The average molecular weight is 542 g/mol. The highest BCUT2D eigenvalue weighted by molar-refractivity contribution is 14.0. The van der Waals surface area contributed by atoms with E-state index in [4.69, 9.17) is 9.47 Å². The predicted molar refractivity (Wildman–Crippen MR) is 131 cm³/mol. The number of nitrogens with one attached hydrogen (secondary N) is 1. The SMILES string of the molecule is CN=C(NCc1cccc(OCCCOC)c1)N1CCN(c2cnn(C)c2)C(=O)C1.I. The van der Waals surface area contributed by atoms with Crippen LogP contribution in [-0.2, 0) is 23.1 Å². The number of benzene rings is 1. The lowest BCUT2D eigenvalue weighted by Gasteiger charge is -2.35. The molecule has 31 heavy (non-hydrogen) atoms. The van der Waals surface area contributed by atoms with Crippen molar-refractivity contribution in [2.45, 2.75) is 13.0 Å². The van der Waals surface area contributed by atoms with Crippen LogP contribution in [0.1, 0.15) is 12.0 Å². The zero-order valence-corrected chi connectivity index (χ0v) is 20.6. The molecular weight excluding hydrogens is 511 g/mol. The lowest BCUT2D eigenvalue weighted by atomic mass is 10.2. The molecule has 0 atom stereocenters. The number of aryl methyl sites for hydroxylation is 1. The van der Waals surface area contributed by atoms with Gasteiger partial charge in [-0.1, -0.05) is 12.1 Å².